The summed E-state index contributed by atoms with van der Waals surface area (Å²) in [5.74, 6) is 1.27. The Bertz CT molecular complexity index is 1880. The van der Waals surface area contributed by atoms with E-state index in [4.69, 9.17) is 20.4 Å². The lowest BCUT2D eigenvalue weighted by Gasteiger charge is -2.44. The van der Waals surface area contributed by atoms with Crippen LogP contribution in [0.25, 0.3) is 32.2 Å². The second kappa shape index (κ2) is 10.2. The average molecular weight is 630 g/mol. The van der Waals surface area contributed by atoms with Crippen molar-refractivity contribution in [2.24, 2.45) is 0 Å². The maximum absolute atomic E-state index is 15.0. The molecule has 0 amide bonds. The normalized spacial score (nSPS) is 23.6. The zero-order valence-electron chi connectivity index (χ0n) is 24.3. The molecule has 1 aromatic carbocycles. The maximum atomic E-state index is 15.0. The van der Waals surface area contributed by atoms with Crippen molar-refractivity contribution in [3.63, 3.8) is 0 Å². The number of rotatable bonds is 4. The number of aromatic nitrogens is 3. The van der Waals surface area contributed by atoms with Gasteiger partial charge in [0.2, 0.25) is 5.95 Å². The molecule has 5 aliphatic heterocycles. The standard InChI is InChI=1S/C31H33FN9OPS/c32-21-10-36-25(23-18(7-33)29(34)44-28(21)23)22-19-13-42-14-20(19)24-26(27(22)43)37-31(40-11-17(12-40)39-5-1-2-6-39)38-30(24)41-15-3-4-16(41)9-35-8-15/h10,15-17,35H,1-6,8-9,11-14,34,43H2. The highest BCUT2D eigenvalue weighted by molar-refractivity contribution is 7.29. The fourth-order valence-corrected chi connectivity index (χ4v) is 9.57. The van der Waals surface area contributed by atoms with Crippen LogP contribution in [0.4, 0.5) is 21.2 Å². The van der Waals surface area contributed by atoms with Crippen molar-refractivity contribution >= 4 is 63.6 Å². The summed E-state index contributed by atoms with van der Waals surface area (Å²) in [6.45, 7) is 6.90. The number of nitrogens with one attached hydrogen (secondary N) is 1. The van der Waals surface area contributed by atoms with E-state index in [-0.39, 0.29) is 5.56 Å². The number of pyridine rings is 1. The van der Waals surface area contributed by atoms with E-state index in [0.29, 0.717) is 52.1 Å². The predicted octanol–water partition coefficient (Wildman–Crippen LogP) is 3.26. The van der Waals surface area contributed by atoms with Crippen LogP contribution in [0.5, 0.6) is 0 Å². The first kappa shape index (κ1) is 27.1. The number of nitrogens with two attached hydrogens (primary N) is 1. The van der Waals surface area contributed by atoms with E-state index in [1.807, 2.05) is 0 Å². The number of anilines is 3. The molecule has 0 saturated carbocycles. The van der Waals surface area contributed by atoms with Crippen molar-refractivity contribution in [1.82, 2.24) is 25.2 Å². The first-order valence-corrected chi connectivity index (χ1v) is 16.9. The summed E-state index contributed by atoms with van der Waals surface area (Å²) in [4.78, 5) is 22.7. The molecule has 4 aromatic rings. The lowest BCUT2D eigenvalue weighted by atomic mass is 9.93. The van der Waals surface area contributed by atoms with E-state index >= 15 is 4.39 Å². The van der Waals surface area contributed by atoms with E-state index < -0.39 is 5.82 Å². The van der Waals surface area contributed by atoms with Crippen molar-refractivity contribution < 1.29 is 9.13 Å². The summed E-state index contributed by atoms with van der Waals surface area (Å²) in [6.07, 6.45) is 6.06. The molecule has 4 fully saturated rings. The fourth-order valence-electron chi connectivity index (χ4n) is 8.13. The van der Waals surface area contributed by atoms with Gasteiger partial charge in [0.1, 0.15) is 16.9 Å². The molecule has 9 rings (SSSR count). The summed E-state index contributed by atoms with van der Waals surface area (Å²) in [6, 6.07) is 3.51. The van der Waals surface area contributed by atoms with Gasteiger partial charge in [-0.15, -0.1) is 20.6 Å². The van der Waals surface area contributed by atoms with Gasteiger partial charge in [0.05, 0.1) is 40.9 Å². The molecule has 0 radical (unpaired) electrons. The number of hydrogen-bond donors (Lipinski definition) is 2. The number of likely N-dealkylation sites (tertiary alicyclic amines) is 1. The highest BCUT2D eigenvalue weighted by Gasteiger charge is 2.41. The van der Waals surface area contributed by atoms with Gasteiger partial charge in [0.25, 0.3) is 0 Å². The third-order valence-corrected chi connectivity index (χ3v) is 11.9. The Balaban J connectivity index is 1.28. The molecule has 3 atom stereocenters. The Morgan fingerprint density at radius 3 is 2.57 bits per heavy atom. The molecule has 8 heterocycles. The molecule has 3 aromatic heterocycles. The summed E-state index contributed by atoms with van der Waals surface area (Å²) in [5, 5.41) is 16.3. The van der Waals surface area contributed by atoms with Crippen LogP contribution in [-0.4, -0.2) is 77.2 Å². The third kappa shape index (κ3) is 3.86. The number of halogens is 1. The van der Waals surface area contributed by atoms with Gasteiger partial charge >= 0.3 is 0 Å². The molecular weight excluding hydrogens is 596 g/mol. The Hall–Kier alpha value is -3.20. The molecule has 3 N–H and O–H groups in total. The van der Waals surface area contributed by atoms with Gasteiger partial charge in [-0.2, -0.15) is 10.2 Å². The number of benzene rings is 1. The van der Waals surface area contributed by atoms with E-state index in [9.17, 15) is 5.26 Å². The molecule has 0 aliphatic carbocycles. The van der Waals surface area contributed by atoms with Gasteiger partial charge in [-0.3, -0.25) is 9.88 Å². The molecular formula is C31H33FN9OPS. The van der Waals surface area contributed by atoms with Gasteiger partial charge in [-0.25, -0.2) is 9.37 Å². The second-order valence-corrected chi connectivity index (χ2v) is 14.3. The van der Waals surface area contributed by atoms with Crippen molar-refractivity contribution in [2.75, 3.05) is 54.8 Å². The smallest absolute Gasteiger partial charge is 0.228 e. The predicted molar refractivity (Wildman–Crippen MR) is 174 cm³/mol. The van der Waals surface area contributed by atoms with E-state index in [1.54, 1.807) is 0 Å². The number of piperazine rings is 1. The SMILES string of the molecule is N#Cc1c(N)sc2c(F)cnc(-c3c4c(c5c(N6C7CCC6CNC7)nc(N6CC(N7CCCC7)C6)nc5c3P)COC4)c12. The topological polar surface area (TPSA) is 119 Å². The van der Waals surface area contributed by atoms with Crippen molar-refractivity contribution in [2.45, 2.75) is 57.0 Å². The highest BCUT2D eigenvalue weighted by atomic mass is 32.1. The first-order chi connectivity index (χ1) is 21.5. The molecule has 2 bridgehead atoms. The Kier molecular flexibility index (Phi) is 6.27. The largest absolute Gasteiger partial charge is 0.389 e. The lowest BCUT2D eigenvalue weighted by Crippen LogP contribution is -2.59. The lowest BCUT2D eigenvalue weighted by molar-refractivity contribution is 0.135. The Morgan fingerprint density at radius 1 is 1.07 bits per heavy atom. The quantitative estimate of drug-likeness (QED) is 0.326. The molecule has 10 nitrogen and oxygen atoms in total. The minimum atomic E-state index is -0.479. The second-order valence-electron chi connectivity index (χ2n) is 12.7. The molecule has 5 aliphatic rings. The van der Waals surface area contributed by atoms with Crippen LogP contribution in [0.15, 0.2) is 6.20 Å². The van der Waals surface area contributed by atoms with Gasteiger partial charge in [-0.05, 0) is 49.9 Å². The number of ether oxygens (including phenoxy) is 1. The number of nitriles is 1. The zero-order valence-corrected chi connectivity index (χ0v) is 26.2. The molecule has 3 unspecified atom stereocenters. The highest BCUT2D eigenvalue weighted by Crippen LogP contribution is 2.46. The van der Waals surface area contributed by atoms with Crippen molar-refractivity contribution in [3.8, 4) is 17.3 Å². The Labute approximate surface area is 260 Å². The Morgan fingerprint density at radius 2 is 1.82 bits per heavy atom. The molecule has 0 spiro atoms. The zero-order chi connectivity index (χ0) is 29.7. The summed E-state index contributed by atoms with van der Waals surface area (Å²) in [7, 11) is 2.92. The molecule has 226 valence electrons. The monoisotopic (exact) mass is 629 g/mol. The van der Waals surface area contributed by atoms with Gasteiger partial charge in [-0.1, -0.05) is 0 Å². The number of hydrogen-bond acceptors (Lipinski definition) is 11. The van der Waals surface area contributed by atoms with Crippen LogP contribution in [0.2, 0.25) is 0 Å². The minimum absolute atomic E-state index is 0.263. The first-order valence-electron chi connectivity index (χ1n) is 15.5. The van der Waals surface area contributed by atoms with Gasteiger partial charge < -0.3 is 25.6 Å². The molecule has 44 heavy (non-hydrogen) atoms. The van der Waals surface area contributed by atoms with Gasteiger partial charge in [0.15, 0.2) is 5.82 Å². The van der Waals surface area contributed by atoms with E-state index in [2.05, 4.69) is 40.3 Å². The van der Waals surface area contributed by atoms with E-state index in [1.165, 1.54) is 32.1 Å². The average Bonchev–Trinajstić information content (AvgIpc) is 3.80. The van der Waals surface area contributed by atoms with Crippen LogP contribution in [0.3, 0.4) is 0 Å². The van der Waals surface area contributed by atoms with Crippen LogP contribution >= 0.6 is 20.6 Å². The number of thiophene rings is 1. The number of nitrogens with zero attached hydrogens (tertiary/aromatic N) is 7. The summed E-state index contributed by atoms with van der Waals surface area (Å²) >= 11 is 1.09. The van der Waals surface area contributed by atoms with Crippen LogP contribution in [0, 0.1) is 17.1 Å². The third-order valence-electron chi connectivity index (χ3n) is 10.3. The number of fused-ring (bicyclic) bond motifs is 6. The number of nitrogen functional groups attached to an aromatic ring is 1. The van der Waals surface area contributed by atoms with Crippen molar-refractivity contribution in [3.05, 3.63) is 28.7 Å². The fraction of sp³-hybridized carbons (Fsp3) is 0.484. The van der Waals surface area contributed by atoms with Crippen LogP contribution in [0.1, 0.15) is 42.4 Å². The van der Waals surface area contributed by atoms with Gasteiger partial charge in [0, 0.05) is 65.9 Å². The van der Waals surface area contributed by atoms with Crippen LogP contribution < -0.4 is 26.2 Å². The van der Waals surface area contributed by atoms with Crippen molar-refractivity contribution in [1.29, 1.82) is 5.26 Å². The van der Waals surface area contributed by atoms with E-state index in [0.717, 1.165) is 95.0 Å². The maximum Gasteiger partial charge on any atom is 0.228 e. The minimum Gasteiger partial charge on any atom is -0.389 e. The molecule has 13 heteroatoms. The summed E-state index contributed by atoms with van der Waals surface area (Å²) in [5.41, 5.74) is 10.7. The molecule has 4 saturated heterocycles. The van der Waals surface area contributed by atoms with Crippen LogP contribution in [-0.2, 0) is 18.0 Å². The summed E-state index contributed by atoms with van der Waals surface area (Å²) < 4.78 is 21.5.